The van der Waals surface area contributed by atoms with Crippen LogP contribution in [0.5, 0.6) is 0 Å². The van der Waals surface area contributed by atoms with Gasteiger partial charge in [-0.1, -0.05) is 12.1 Å². The van der Waals surface area contributed by atoms with E-state index in [9.17, 15) is 0 Å². The lowest BCUT2D eigenvalue weighted by atomic mass is 10.1. The van der Waals surface area contributed by atoms with Crippen LogP contribution in [0.15, 0.2) is 12.1 Å². The van der Waals surface area contributed by atoms with E-state index in [1.54, 1.807) is 0 Å². The molecular formula is C6H10. The zero-order valence-electron chi connectivity index (χ0n) is 4.91. The Morgan fingerprint density at radius 3 is 2.50 bits per heavy atom. The molecule has 0 N–H and O–H groups in total. The van der Waals surface area contributed by atoms with Crippen molar-refractivity contribution in [1.29, 1.82) is 0 Å². The minimum absolute atomic E-state index is 0.839. The van der Waals surface area contributed by atoms with E-state index < -0.39 is 0 Å². The zero-order valence-corrected chi connectivity index (χ0v) is 3.91. The minimum atomic E-state index is 0.839. The van der Waals surface area contributed by atoms with Gasteiger partial charge in [-0.25, -0.2) is 0 Å². The van der Waals surface area contributed by atoms with E-state index in [4.69, 9.17) is 1.37 Å². The van der Waals surface area contributed by atoms with Gasteiger partial charge in [-0.3, -0.25) is 0 Å². The molecule has 0 radical (unpaired) electrons. The molecule has 0 bridgehead atoms. The maximum absolute atomic E-state index is 7.13. The Morgan fingerprint density at radius 1 is 1.33 bits per heavy atom. The van der Waals surface area contributed by atoms with Crippen LogP contribution in [0.2, 0.25) is 0 Å². The number of allylic oxidation sites excluding steroid dienone is 2. The molecule has 1 aliphatic rings. The van der Waals surface area contributed by atoms with E-state index in [0.717, 1.165) is 18.9 Å². The molecule has 0 heteroatoms. The van der Waals surface area contributed by atoms with Gasteiger partial charge in [0.1, 0.15) is 0 Å². The van der Waals surface area contributed by atoms with Crippen molar-refractivity contribution in [3.8, 4) is 0 Å². The van der Waals surface area contributed by atoms with Crippen molar-refractivity contribution >= 4 is 0 Å². The summed E-state index contributed by atoms with van der Waals surface area (Å²) in [5.41, 5.74) is 0. The normalized spacial score (nSPS) is 25.3. The van der Waals surface area contributed by atoms with Crippen molar-refractivity contribution in [3.05, 3.63) is 12.1 Å². The van der Waals surface area contributed by atoms with Crippen LogP contribution in [0.1, 0.15) is 27.1 Å². The third kappa shape index (κ3) is 0.852. The summed E-state index contributed by atoms with van der Waals surface area (Å²) >= 11 is 0. The largest absolute Gasteiger partial charge is 0.0885 e. The highest BCUT2D eigenvalue weighted by Gasteiger charge is 1.87. The van der Waals surface area contributed by atoms with Gasteiger partial charge < -0.3 is 0 Å². The summed E-state index contributed by atoms with van der Waals surface area (Å²) in [6.07, 6.45) is 6.69. The Bertz CT molecular complexity index is 84.2. The molecule has 0 saturated carbocycles. The first-order chi connectivity index (χ1) is 3.39. The zero-order chi connectivity index (χ0) is 5.11. The van der Waals surface area contributed by atoms with Crippen LogP contribution in [0, 0.1) is 0 Å². The third-order valence-corrected chi connectivity index (χ3v) is 1.06. The number of hydrogen-bond acceptors (Lipinski definition) is 0. The van der Waals surface area contributed by atoms with Crippen molar-refractivity contribution in [3.63, 3.8) is 0 Å². The predicted molar refractivity (Wildman–Crippen MR) is 27.6 cm³/mol. The van der Waals surface area contributed by atoms with Crippen molar-refractivity contribution in [2.24, 2.45) is 0 Å². The molecule has 0 aromatic rings. The highest BCUT2D eigenvalue weighted by atomic mass is 13.9. The molecule has 34 valence electrons. The van der Waals surface area contributed by atoms with Gasteiger partial charge in [0, 0.05) is 0 Å². The molecule has 6 heavy (non-hydrogen) atoms. The lowest BCUT2D eigenvalue weighted by Crippen LogP contribution is -1.77. The van der Waals surface area contributed by atoms with E-state index in [-0.39, 0.29) is 0 Å². The van der Waals surface area contributed by atoms with E-state index >= 15 is 0 Å². The SMILES string of the molecule is [1H]C1=CCCCC1. The summed E-state index contributed by atoms with van der Waals surface area (Å²) in [5, 5.41) is 0. The van der Waals surface area contributed by atoms with Crippen molar-refractivity contribution in [2.75, 3.05) is 0 Å². The summed E-state index contributed by atoms with van der Waals surface area (Å²) in [6.45, 7) is 0. The average molecular weight is 82.1 g/mol. The molecule has 0 aromatic carbocycles. The number of hydrogen-bond donors (Lipinski definition) is 0. The predicted octanol–water partition coefficient (Wildman–Crippen LogP) is 2.12. The highest BCUT2D eigenvalue weighted by Crippen LogP contribution is 2.07. The molecule has 0 heterocycles. The van der Waals surface area contributed by atoms with Crippen molar-refractivity contribution in [1.82, 2.24) is 0 Å². The summed E-state index contributed by atoms with van der Waals surface area (Å²) in [5.74, 6) is 0. The van der Waals surface area contributed by atoms with Gasteiger partial charge in [0.05, 0.1) is 1.37 Å². The Balaban J connectivity index is 2.40. The van der Waals surface area contributed by atoms with Gasteiger partial charge in [-0.05, 0) is 25.7 Å². The lowest BCUT2D eigenvalue weighted by Gasteiger charge is -1.97. The lowest BCUT2D eigenvalue weighted by molar-refractivity contribution is 0.730. The van der Waals surface area contributed by atoms with Crippen LogP contribution in [-0.2, 0) is 0 Å². The van der Waals surface area contributed by atoms with E-state index in [0.29, 0.717) is 0 Å². The summed E-state index contributed by atoms with van der Waals surface area (Å²) in [4.78, 5) is 0. The topological polar surface area (TPSA) is 0 Å². The second-order valence-electron chi connectivity index (χ2n) is 1.65. The average Bonchev–Trinajstić information content (AvgIpc) is 1.69. The maximum Gasteiger partial charge on any atom is 0.0572 e. The molecule has 0 nitrogen and oxygen atoms in total. The van der Waals surface area contributed by atoms with Gasteiger partial charge in [-0.2, -0.15) is 0 Å². The van der Waals surface area contributed by atoms with E-state index in [2.05, 4.69) is 0 Å². The molecule has 0 unspecified atom stereocenters. The van der Waals surface area contributed by atoms with Gasteiger partial charge in [0.2, 0.25) is 0 Å². The summed E-state index contributed by atoms with van der Waals surface area (Å²) in [7, 11) is 0. The highest BCUT2D eigenvalue weighted by molar-refractivity contribution is 4.85. The van der Waals surface area contributed by atoms with Gasteiger partial charge >= 0.3 is 0 Å². The Kier molecular flexibility index (Phi) is 0.952. The molecule has 0 aromatic heterocycles. The fourth-order valence-corrected chi connectivity index (χ4v) is 0.678. The molecule has 1 rings (SSSR count). The van der Waals surface area contributed by atoms with Crippen LogP contribution in [0.4, 0.5) is 0 Å². The van der Waals surface area contributed by atoms with E-state index in [1.807, 2.05) is 6.08 Å². The molecule has 0 aliphatic heterocycles. The van der Waals surface area contributed by atoms with Crippen LogP contribution in [0.3, 0.4) is 0 Å². The van der Waals surface area contributed by atoms with E-state index in [1.165, 1.54) is 12.8 Å². The molecule has 0 spiro atoms. The Hall–Kier alpha value is -0.260. The van der Waals surface area contributed by atoms with Gasteiger partial charge in [0.25, 0.3) is 0 Å². The fourth-order valence-electron chi connectivity index (χ4n) is 0.678. The van der Waals surface area contributed by atoms with Crippen LogP contribution >= 0.6 is 0 Å². The second-order valence-corrected chi connectivity index (χ2v) is 1.65. The second kappa shape index (κ2) is 2.01. The monoisotopic (exact) mass is 82.1 g/mol. The first kappa shape index (κ1) is 2.84. The molecular weight excluding hydrogens is 72.1 g/mol. The molecule has 1 aliphatic carbocycles. The first-order valence-corrected chi connectivity index (χ1v) is 2.55. The van der Waals surface area contributed by atoms with Crippen molar-refractivity contribution in [2.45, 2.75) is 25.7 Å². The van der Waals surface area contributed by atoms with Crippen LogP contribution in [0.25, 0.3) is 0 Å². The quantitative estimate of drug-likeness (QED) is 0.393. The molecule has 0 atom stereocenters. The Morgan fingerprint density at radius 2 is 2.17 bits per heavy atom. The Labute approximate surface area is 40.3 Å². The standard InChI is InChI=1S/C6H10/c1-2-4-6-5-3-1/h1-2H,3-6H2/i1H. The molecule has 0 saturated heterocycles. The smallest absolute Gasteiger partial charge is 0.0572 e. The van der Waals surface area contributed by atoms with Crippen LogP contribution < -0.4 is 0 Å². The van der Waals surface area contributed by atoms with Gasteiger partial charge in [-0.15, -0.1) is 0 Å². The molecule has 0 fully saturated rings. The number of rotatable bonds is 0. The third-order valence-electron chi connectivity index (χ3n) is 1.06. The minimum Gasteiger partial charge on any atom is -0.0885 e. The van der Waals surface area contributed by atoms with Crippen LogP contribution in [-0.4, -0.2) is 0 Å². The first-order valence-electron chi connectivity index (χ1n) is 3.05. The molecule has 0 amide bonds. The van der Waals surface area contributed by atoms with Gasteiger partial charge in [0.15, 0.2) is 0 Å². The fraction of sp³-hybridized carbons (Fsp3) is 0.667. The van der Waals surface area contributed by atoms with Crippen molar-refractivity contribution < 1.29 is 1.37 Å². The maximum atomic E-state index is 7.13. The summed E-state index contributed by atoms with van der Waals surface area (Å²) < 4.78 is 7.13. The summed E-state index contributed by atoms with van der Waals surface area (Å²) in [6, 6.07) is 0.839.